The molecule has 3 rings (SSSR count). The van der Waals surface area contributed by atoms with Crippen molar-refractivity contribution in [3.8, 4) is 11.5 Å². The fourth-order valence-electron chi connectivity index (χ4n) is 2.43. The molecular formula is C20H13ClINO6. The first-order chi connectivity index (χ1) is 13.7. The number of hydrogen-bond donors (Lipinski definition) is 0. The van der Waals surface area contributed by atoms with Crippen molar-refractivity contribution in [2.75, 3.05) is 0 Å². The van der Waals surface area contributed by atoms with Gasteiger partial charge in [-0.25, -0.2) is 9.79 Å². The maximum Gasteiger partial charge on any atom is 0.363 e. The minimum Gasteiger partial charge on any atom is -0.423 e. The minimum absolute atomic E-state index is 0.0401. The van der Waals surface area contributed by atoms with Gasteiger partial charge >= 0.3 is 17.9 Å². The SMILES string of the molecule is CC(=O)Oc1ccc(C=C2N=C(c3cc(I)ccc3Cl)OC2=O)cc1OC(C)=O. The molecule has 0 saturated heterocycles. The number of nitrogens with zero attached hydrogens (tertiary/aromatic N) is 1. The molecule has 0 aromatic heterocycles. The highest BCUT2D eigenvalue weighted by Crippen LogP contribution is 2.31. The summed E-state index contributed by atoms with van der Waals surface area (Å²) in [4.78, 5) is 39.0. The van der Waals surface area contributed by atoms with E-state index in [-0.39, 0.29) is 23.1 Å². The maximum atomic E-state index is 12.2. The summed E-state index contributed by atoms with van der Waals surface area (Å²) < 4.78 is 16.2. The lowest BCUT2D eigenvalue weighted by atomic mass is 10.1. The third-order valence-electron chi connectivity index (χ3n) is 3.56. The molecule has 2 aromatic carbocycles. The molecule has 148 valence electrons. The summed E-state index contributed by atoms with van der Waals surface area (Å²) in [5.41, 5.74) is 1.04. The van der Waals surface area contributed by atoms with Crippen molar-refractivity contribution in [1.29, 1.82) is 0 Å². The number of ether oxygens (including phenoxy) is 3. The third-order valence-corrected chi connectivity index (χ3v) is 4.56. The minimum atomic E-state index is -0.645. The van der Waals surface area contributed by atoms with Crippen molar-refractivity contribution in [2.45, 2.75) is 13.8 Å². The Morgan fingerprint density at radius 3 is 2.45 bits per heavy atom. The van der Waals surface area contributed by atoms with E-state index in [2.05, 4.69) is 27.6 Å². The van der Waals surface area contributed by atoms with Crippen molar-refractivity contribution in [3.63, 3.8) is 0 Å². The average Bonchev–Trinajstić information content (AvgIpc) is 2.99. The van der Waals surface area contributed by atoms with Crippen LogP contribution in [0.15, 0.2) is 47.1 Å². The zero-order valence-corrected chi connectivity index (χ0v) is 18.1. The average molecular weight is 526 g/mol. The number of cyclic esters (lactones) is 1. The molecule has 0 N–H and O–H groups in total. The first-order valence-corrected chi connectivity index (χ1v) is 9.67. The van der Waals surface area contributed by atoms with E-state index in [1.54, 1.807) is 18.2 Å². The molecule has 9 heteroatoms. The van der Waals surface area contributed by atoms with Crippen LogP contribution >= 0.6 is 34.2 Å². The second kappa shape index (κ2) is 8.75. The Labute approximate surface area is 184 Å². The molecule has 0 unspecified atom stereocenters. The summed E-state index contributed by atoms with van der Waals surface area (Å²) in [6.45, 7) is 2.45. The lowest BCUT2D eigenvalue weighted by Gasteiger charge is -2.09. The molecule has 1 aliphatic rings. The number of halogens is 2. The highest BCUT2D eigenvalue weighted by atomic mass is 127. The predicted molar refractivity (Wildman–Crippen MR) is 114 cm³/mol. The van der Waals surface area contributed by atoms with E-state index in [0.717, 1.165) is 3.57 Å². The molecular weight excluding hydrogens is 513 g/mol. The van der Waals surface area contributed by atoms with E-state index in [1.165, 1.54) is 32.1 Å². The van der Waals surface area contributed by atoms with E-state index in [0.29, 0.717) is 16.1 Å². The summed E-state index contributed by atoms with van der Waals surface area (Å²) >= 11 is 8.29. The summed E-state index contributed by atoms with van der Waals surface area (Å²) in [6, 6.07) is 9.75. The molecule has 0 radical (unpaired) electrons. The number of aliphatic imine (C=N–C) groups is 1. The van der Waals surface area contributed by atoms with Crippen LogP contribution in [0.3, 0.4) is 0 Å². The van der Waals surface area contributed by atoms with Crippen molar-refractivity contribution in [3.05, 3.63) is 61.8 Å². The Hall–Kier alpha value is -2.72. The van der Waals surface area contributed by atoms with Gasteiger partial charge in [-0.1, -0.05) is 17.7 Å². The van der Waals surface area contributed by atoms with E-state index < -0.39 is 17.9 Å². The molecule has 2 aromatic rings. The van der Waals surface area contributed by atoms with Crippen LogP contribution in [0.4, 0.5) is 0 Å². The molecule has 0 aliphatic carbocycles. The smallest absolute Gasteiger partial charge is 0.363 e. The van der Waals surface area contributed by atoms with Crippen LogP contribution < -0.4 is 9.47 Å². The summed E-state index contributed by atoms with van der Waals surface area (Å²) in [5, 5.41) is 0.404. The zero-order chi connectivity index (χ0) is 21.1. The standard InChI is InChI=1S/C20H13ClINO6/c1-10(24)27-17-6-3-12(8-18(17)28-11(2)25)7-16-20(26)29-19(23-16)14-9-13(22)4-5-15(14)21/h3-9H,1-2H3. The highest BCUT2D eigenvalue weighted by Gasteiger charge is 2.26. The summed E-state index contributed by atoms with van der Waals surface area (Å²) in [6.07, 6.45) is 1.46. The van der Waals surface area contributed by atoms with Crippen LogP contribution in [0.2, 0.25) is 5.02 Å². The van der Waals surface area contributed by atoms with Crippen molar-refractivity contribution in [2.24, 2.45) is 4.99 Å². The summed E-state index contributed by atoms with van der Waals surface area (Å²) in [5.74, 6) is -1.57. The van der Waals surface area contributed by atoms with Crippen LogP contribution in [0.5, 0.6) is 11.5 Å². The molecule has 0 fully saturated rings. The van der Waals surface area contributed by atoms with Gasteiger partial charge in [0.2, 0.25) is 5.90 Å². The van der Waals surface area contributed by atoms with Crippen molar-refractivity contribution in [1.82, 2.24) is 0 Å². The molecule has 0 atom stereocenters. The van der Waals surface area contributed by atoms with Crippen LogP contribution in [0, 0.1) is 3.57 Å². The number of benzene rings is 2. The van der Waals surface area contributed by atoms with Gasteiger partial charge in [-0.05, 0) is 64.6 Å². The molecule has 0 spiro atoms. The first kappa shape index (κ1) is 21.0. The highest BCUT2D eigenvalue weighted by molar-refractivity contribution is 14.1. The normalized spacial score (nSPS) is 14.4. The molecule has 0 saturated carbocycles. The lowest BCUT2D eigenvalue weighted by Crippen LogP contribution is -2.07. The van der Waals surface area contributed by atoms with E-state index in [1.807, 2.05) is 6.07 Å². The van der Waals surface area contributed by atoms with Gasteiger partial charge in [-0.2, -0.15) is 0 Å². The molecule has 29 heavy (non-hydrogen) atoms. The van der Waals surface area contributed by atoms with Crippen molar-refractivity contribution >= 4 is 64.1 Å². The Balaban J connectivity index is 1.97. The molecule has 1 aliphatic heterocycles. The van der Waals surface area contributed by atoms with Gasteiger partial charge in [0.1, 0.15) is 0 Å². The molecule has 1 heterocycles. The Morgan fingerprint density at radius 2 is 1.76 bits per heavy atom. The monoisotopic (exact) mass is 525 g/mol. The van der Waals surface area contributed by atoms with E-state index >= 15 is 0 Å². The largest absolute Gasteiger partial charge is 0.423 e. The van der Waals surface area contributed by atoms with E-state index in [4.69, 9.17) is 25.8 Å². The van der Waals surface area contributed by atoms with Gasteiger partial charge < -0.3 is 14.2 Å². The van der Waals surface area contributed by atoms with Gasteiger partial charge in [0, 0.05) is 17.4 Å². The molecule has 7 nitrogen and oxygen atoms in total. The number of hydrogen-bond acceptors (Lipinski definition) is 7. The number of carbonyl (C=O) groups excluding carboxylic acids is 3. The van der Waals surface area contributed by atoms with Crippen LogP contribution in [0.25, 0.3) is 6.08 Å². The first-order valence-electron chi connectivity index (χ1n) is 8.22. The van der Waals surface area contributed by atoms with Gasteiger partial charge in [0.25, 0.3) is 0 Å². The number of carbonyl (C=O) groups is 3. The second-order valence-electron chi connectivity index (χ2n) is 5.85. The summed E-state index contributed by atoms with van der Waals surface area (Å²) in [7, 11) is 0. The number of rotatable bonds is 4. The Kier molecular flexibility index (Phi) is 6.33. The Morgan fingerprint density at radius 1 is 1.07 bits per heavy atom. The maximum absolute atomic E-state index is 12.2. The van der Waals surface area contributed by atoms with Gasteiger partial charge in [0.15, 0.2) is 17.2 Å². The molecule has 0 bridgehead atoms. The fourth-order valence-corrected chi connectivity index (χ4v) is 3.12. The quantitative estimate of drug-likeness (QED) is 0.258. The van der Waals surface area contributed by atoms with Gasteiger partial charge in [-0.3, -0.25) is 9.59 Å². The van der Waals surface area contributed by atoms with Crippen LogP contribution in [-0.4, -0.2) is 23.8 Å². The van der Waals surface area contributed by atoms with Crippen molar-refractivity contribution < 1.29 is 28.6 Å². The lowest BCUT2D eigenvalue weighted by molar-refractivity contribution is -0.134. The van der Waals surface area contributed by atoms with Gasteiger partial charge in [-0.15, -0.1) is 0 Å². The zero-order valence-electron chi connectivity index (χ0n) is 15.2. The third kappa shape index (κ3) is 5.21. The van der Waals surface area contributed by atoms with Crippen LogP contribution in [0.1, 0.15) is 25.0 Å². The fraction of sp³-hybridized carbons (Fsp3) is 0.100. The number of esters is 3. The molecule has 0 amide bonds. The second-order valence-corrected chi connectivity index (χ2v) is 7.51. The van der Waals surface area contributed by atoms with Crippen LogP contribution in [-0.2, 0) is 19.1 Å². The van der Waals surface area contributed by atoms with E-state index in [9.17, 15) is 14.4 Å². The predicted octanol–water partition coefficient (Wildman–Crippen LogP) is 4.14. The Bertz CT molecular complexity index is 1090. The topological polar surface area (TPSA) is 91.3 Å². The van der Waals surface area contributed by atoms with Gasteiger partial charge in [0.05, 0.1) is 10.6 Å².